The van der Waals surface area contributed by atoms with E-state index in [1.807, 2.05) is 28.8 Å². The van der Waals surface area contributed by atoms with Crippen LogP contribution in [0.4, 0.5) is 0 Å². The number of benzene rings is 1. The van der Waals surface area contributed by atoms with Crippen molar-refractivity contribution in [1.82, 2.24) is 9.38 Å². The van der Waals surface area contributed by atoms with Gasteiger partial charge in [0.25, 0.3) is 0 Å². The molecule has 0 spiro atoms. The van der Waals surface area contributed by atoms with Gasteiger partial charge >= 0.3 is 5.97 Å². The highest BCUT2D eigenvalue weighted by Crippen LogP contribution is 2.25. The molecule has 0 aliphatic heterocycles. The minimum atomic E-state index is -0.952. The maximum Gasteiger partial charge on any atom is 0.336 e. The standard InChI is InChI=1S/C14H9BrN2O2/c15-12-6-3-7-13-16-11(8-17(12)13)9-4-1-2-5-10(9)14(18)19/h1-8H,(H,18,19). The van der Waals surface area contributed by atoms with Crippen molar-refractivity contribution < 1.29 is 9.90 Å². The summed E-state index contributed by atoms with van der Waals surface area (Å²) in [7, 11) is 0. The lowest BCUT2D eigenvalue weighted by molar-refractivity contribution is 0.0697. The van der Waals surface area contributed by atoms with Crippen molar-refractivity contribution in [2.24, 2.45) is 0 Å². The number of carbonyl (C=O) groups is 1. The fourth-order valence-corrected chi connectivity index (χ4v) is 2.44. The molecule has 0 fully saturated rings. The van der Waals surface area contributed by atoms with Gasteiger partial charge in [-0.05, 0) is 34.1 Å². The summed E-state index contributed by atoms with van der Waals surface area (Å²) in [5.74, 6) is -0.952. The Balaban J connectivity index is 2.25. The molecule has 2 heterocycles. The van der Waals surface area contributed by atoms with E-state index < -0.39 is 5.97 Å². The molecule has 1 N–H and O–H groups in total. The van der Waals surface area contributed by atoms with Gasteiger partial charge in [-0.15, -0.1) is 0 Å². The van der Waals surface area contributed by atoms with Crippen molar-refractivity contribution in [3.8, 4) is 11.3 Å². The van der Waals surface area contributed by atoms with Crippen LogP contribution in [0.15, 0.2) is 53.3 Å². The van der Waals surface area contributed by atoms with Crippen LogP contribution in [0.25, 0.3) is 16.9 Å². The van der Waals surface area contributed by atoms with Gasteiger partial charge in [0.1, 0.15) is 5.65 Å². The second kappa shape index (κ2) is 4.51. The molecule has 1 aromatic carbocycles. The van der Waals surface area contributed by atoms with Crippen molar-refractivity contribution in [2.75, 3.05) is 0 Å². The second-order valence-corrected chi connectivity index (χ2v) is 4.87. The highest BCUT2D eigenvalue weighted by molar-refractivity contribution is 9.10. The van der Waals surface area contributed by atoms with E-state index in [9.17, 15) is 9.90 Å². The van der Waals surface area contributed by atoms with E-state index in [4.69, 9.17) is 0 Å². The summed E-state index contributed by atoms with van der Waals surface area (Å²) < 4.78 is 2.74. The van der Waals surface area contributed by atoms with Gasteiger partial charge < -0.3 is 5.11 Å². The number of carboxylic acids is 1. The highest BCUT2D eigenvalue weighted by atomic mass is 79.9. The number of hydrogen-bond donors (Lipinski definition) is 1. The van der Waals surface area contributed by atoms with Gasteiger partial charge in [-0.25, -0.2) is 9.78 Å². The zero-order chi connectivity index (χ0) is 13.4. The van der Waals surface area contributed by atoms with E-state index in [1.54, 1.807) is 24.3 Å². The van der Waals surface area contributed by atoms with Crippen molar-refractivity contribution in [1.29, 1.82) is 0 Å². The Labute approximate surface area is 117 Å². The number of fused-ring (bicyclic) bond motifs is 1. The lowest BCUT2D eigenvalue weighted by Crippen LogP contribution is -1.98. The van der Waals surface area contributed by atoms with E-state index in [2.05, 4.69) is 20.9 Å². The van der Waals surface area contributed by atoms with Crippen molar-refractivity contribution in [3.63, 3.8) is 0 Å². The monoisotopic (exact) mass is 316 g/mol. The summed E-state index contributed by atoms with van der Waals surface area (Å²) in [6.07, 6.45) is 1.82. The fourth-order valence-electron chi connectivity index (χ4n) is 2.00. The average Bonchev–Trinajstić information content (AvgIpc) is 2.84. The van der Waals surface area contributed by atoms with E-state index in [-0.39, 0.29) is 5.56 Å². The lowest BCUT2D eigenvalue weighted by Gasteiger charge is -2.01. The molecule has 19 heavy (non-hydrogen) atoms. The maximum absolute atomic E-state index is 11.2. The summed E-state index contributed by atoms with van der Waals surface area (Å²) in [4.78, 5) is 15.7. The van der Waals surface area contributed by atoms with Gasteiger partial charge in [0.15, 0.2) is 0 Å². The van der Waals surface area contributed by atoms with Gasteiger partial charge in [-0.2, -0.15) is 0 Å². The molecule has 4 nitrogen and oxygen atoms in total. The summed E-state index contributed by atoms with van der Waals surface area (Å²) in [6, 6.07) is 12.5. The first-order valence-electron chi connectivity index (χ1n) is 5.63. The number of pyridine rings is 1. The molecule has 0 aliphatic carbocycles. The molecule has 94 valence electrons. The number of imidazole rings is 1. The molecule has 0 amide bonds. The van der Waals surface area contributed by atoms with Crippen LogP contribution >= 0.6 is 15.9 Å². The molecule has 0 atom stereocenters. The van der Waals surface area contributed by atoms with Gasteiger partial charge in [-0.1, -0.05) is 24.3 Å². The lowest BCUT2D eigenvalue weighted by atomic mass is 10.1. The molecule has 0 aliphatic rings. The summed E-state index contributed by atoms with van der Waals surface area (Å²) in [6.45, 7) is 0. The van der Waals surface area contributed by atoms with Crippen LogP contribution in [0.3, 0.4) is 0 Å². The minimum absolute atomic E-state index is 0.252. The molecule has 0 unspecified atom stereocenters. The summed E-state index contributed by atoms with van der Waals surface area (Å²) in [5.41, 5.74) is 2.28. The Hall–Kier alpha value is -2.14. The number of hydrogen-bond acceptors (Lipinski definition) is 2. The first-order chi connectivity index (χ1) is 9.16. The molecular formula is C14H9BrN2O2. The van der Waals surface area contributed by atoms with E-state index in [0.29, 0.717) is 11.3 Å². The molecule has 5 heteroatoms. The third-order valence-electron chi connectivity index (χ3n) is 2.88. The Morgan fingerprint density at radius 3 is 2.68 bits per heavy atom. The third kappa shape index (κ3) is 2.02. The first-order valence-corrected chi connectivity index (χ1v) is 6.42. The van der Waals surface area contributed by atoms with E-state index in [0.717, 1.165) is 10.3 Å². The number of halogens is 1. The van der Waals surface area contributed by atoms with Crippen LogP contribution in [0, 0.1) is 0 Å². The molecule has 3 rings (SSSR count). The molecule has 0 radical (unpaired) electrons. The van der Waals surface area contributed by atoms with Crippen LogP contribution in [-0.4, -0.2) is 20.5 Å². The first kappa shape index (κ1) is 11.9. The highest BCUT2D eigenvalue weighted by Gasteiger charge is 2.13. The van der Waals surface area contributed by atoms with Crippen molar-refractivity contribution in [2.45, 2.75) is 0 Å². The summed E-state index contributed by atoms with van der Waals surface area (Å²) >= 11 is 3.44. The van der Waals surface area contributed by atoms with E-state index in [1.165, 1.54) is 0 Å². The number of carboxylic acid groups (broad SMARTS) is 1. The zero-order valence-corrected chi connectivity index (χ0v) is 11.3. The van der Waals surface area contributed by atoms with Gasteiger partial charge in [0.05, 0.1) is 15.9 Å². The smallest absolute Gasteiger partial charge is 0.336 e. The van der Waals surface area contributed by atoms with Crippen molar-refractivity contribution >= 4 is 27.5 Å². The maximum atomic E-state index is 11.2. The Kier molecular flexibility index (Phi) is 2.83. The van der Waals surface area contributed by atoms with Crippen LogP contribution in [0.2, 0.25) is 0 Å². The normalized spacial score (nSPS) is 10.8. The van der Waals surface area contributed by atoms with Gasteiger partial charge in [-0.3, -0.25) is 4.40 Å². The van der Waals surface area contributed by atoms with Gasteiger partial charge in [0, 0.05) is 11.8 Å². The predicted molar refractivity (Wildman–Crippen MR) is 75.3 cm³/mol. The topological polar surface area (TPSA) is 54.6 Å². The number of nitrogens with zero attached hydrogens (tertiary/aromatic N) is 2. The van der Waals surface area contributed by atoms with Gasteiger partial charge in [0.2, 0.25) is 0 Å². The second-order valence-electron chi connectivity index (χ2n) is 4.05. The Morgan fingerprint density at radius 1 is 1.16 bits per heavy atom. The predicted octanol–water partition coefficient (Wildman–Crippen LogP) is 3.46. The third-order valence-corrected chi connectivity index (χ3v) is 3.52. The average molecular weight is 317 g/mol. The van der Waals surface area contributed by atoms with E-state index >= 15 is 0 Å². The van der Waals surface area contributed by atoms with Crippen LogP contribution in [-0.2, 0) is 0 Å². The number of rotatable bonds is 2. The van der Waals surface area contributed by atoms with Crippen LogP contribution < -0.4 is 0 Å². The van der Waals surface area contributed by atoms with Crippen LogP contribution in [0.5, 0.6) is 0 Å². The minimum Gasteiger partial charge on any atom is -0.478 e. The largest absolute Gasteiger partial charge is 0.478 e. The van der Waals surface area contributed by atoms with Crippen molar-refractivity contribution in [3.05, 3.63) is 58.8 Å². The Morgan fingerprint density at radius 2 is 1.95 bits per heavy atom. The Bertz CT molecular complexity index is 780. The molecule has 0 bridgehead atoms. The molecular weight excluding hydrogens is 308 g/mol. The molecule has 0 saturated carbocycles. The molecule has 2 aromatic heterocycles. The molecule has 3 aromatic rings. The van der Waals surface area contributed by atoms with Crippen LogP contribution in [0.1, 0.15) is 10.4 Å². The molecule has 0 saturated heterocycles. The SMILES string of the molecule is O=C(O)c1ccccc1-c1cn2c(Br)cccc2n1. The number of aromatic carboxylic acids is 1. The quantitative estimate of drug-likeness (QED) is 0.737. The summed E-state index contributed by atoms with van der Waals surface area (Å²) in [5, 5.41) is 9.21. The number of aromatic nitrogens is 2. The fraction of sp³-hybridized carbons (Fsp3) is 0. The zero-order valence-electron chi connectivity index (χ0n) is 9.75.